The van der Waals surface area contributed by atoms with Crippen molar-refractivity contribution in [2.45, 2.75) is 64.2 Å². The van der Waals surface area contributed by atoms with E-state index < -0.39 is 0 Å². The van der Waals surface area contributed by atoms with Gasteiger partial charge in [-0.05, 0) is 157 Å². The lowest BCUT2D eigenvalue weighted by Crippen LogP contribution is -2.49. The fourth-order valence-corrected chi connectivity index (χ4v) is 13.1. The number of pyridine rings is 1. The number of rotatable bonds is 3. The smallest absolute Gasteiger partial charge is 0.0722 e. The number of benzene rings is 7. The molecule has 1 heteroatoms. The maximum atomic E-state index is 5.76. The highest BCUT2D eigenvalue weighted by Crippen LogP contribution is 2.66. The van der Waals surface area contributed by atoms with Crippen molar-refractivity contribution in [1.82, 2.24) is 4.98 Å². The molecule has 1 aromatic heterocycles. The van der Waals surface area contributed by atoms with Gasteiger partial charge in [-0.2, -0.15) is 0 Å². The van der Waals surface area contributed by atoms with E-state index in [1.165, 1.54) is 103 Å². The van der Waals surface area contributed by atoms with Gasteiger partial charge in [-0.1, -0.05) is 149 Å². The number of hydrogen-bond acceptors (Lipinski definition) is 1. The van der Waals surface area contributed by atoms with Crippen LogP contribution in [-0.2, 0) is 10.8 Å². The van der Waals surface area contributed by atoms with Crippen molar-refractivity contribution in [2.24, 2.45) is 23.7 Å². The van der Waals surface area contributed by atoms with Gasteiger partial charge in [0.25, 0.3) is 0 Å². The molecule has 1 spiro atoms. The molecule has 1 nitrogen and oxygen atoms in total. The van der Waals surface area contributed by atoms with Gasteiger partial charge in [0.05, 0.1) is 11.4 Å². The molecule has 5 unspecified atom stereocenters. The molecule has 0 saturated heterocycles. The summed E-state index contributed by atoms with van der Waals surface area (Å²) in [6.07, 6.45) is 5.32. The van der Waals surface area contributed by atoms with Crippen LogP contribution < -0.4 is 0 Å². The minimum absolute atomic E-state index is 0.0206. The standard InChI is InChI=1S/C57H49N/c1-34-25-36-27-35(2)57(41(26-34)28-36)51-30-39-18-9-8-17-38(39)29-46(51)48-33-47(42-19-10-11-20-43(42)55(48)57)53-32-40(37-15-6-5-7-16-37)31-52(58-53)45-22-14-24-50-54(45)44-21-12-13-23-49(44)56(50,3)4/h5-24,29-36,41H,25-28H2,1-4H3. The van der Waals surface area contributed by atoms with Crippen molar-refractivity contribution >= 4 is 21.5 Å². The van der Waals surface area contributed by atoms with Gasteiger partial charge < -0.3 is 0 Å². The van der Waals surface area contributed by atoms with Crippen LogP contribution in [0.5, 0.6) is 0 Å². The second kappa shape index (κ2) is 12.4. The van der Waals surface area contributed by atoms with E-state index in [0.29, 0.717) is 11.8 Å². The summed E-state index contributed by atoms with van der Waals surface area (Å²) in [5.41, 5.74) is 18.2. The van der Waals surface area contributed by atoms with Crippen molar-refractivity contribution in [3.05, 3.63) is 174 Å². The number of hydrogen-bond donors (Lipinski definition) is 0. The van der Waals surface area contributed by atoms with Crippen LogP contribution in [-0.4, -0.2) is 4.98 Å². The molecule has 5 atom stereocenters. The summed E-state index contributed by atoms with van der Waals surface area (Å²) in [4.78, 5) is 5.76. The Morgan fingerprint density at radius 1 is 0.483 bits per heavy atom. The molecule has 0 radical (unpaired) electrons. The van der Waals surface area contributed by atoms with E-state index in [4.69, 9.17) is 4.98 Å². The molecule has 7 aromatic carbocycles. The van der Waals surface area contributed by atoms with Crippen LogP contribution in [0, 0.1) is 23.7 Å². The third kappa shape index (κ3) is 4.68. The van der Waals surface area contributed by atoms with Crippen molar-refractivity contribution in [3.8, 4) is 55.9 Å². The van der Waals surface area contributed by atoms with E-state index in [2.05, 4.69) is 179 Å². The summed E-state index contributed by atoms with van der Waals surface area (Å²) in [6.45, 7) is 9.85. The molecule has 2 bridgehead atoms. The molecule has 2 fully saturated rings. The van der Waals surface area contributed by atoms with E-state index in [0.717, 1.165) is 23.2 Å². The number of aromatic nitrogens is 1. The summed E-state index contributed by atoms with van der Waals surface area (Å²) < 4.78 is 0. The lowest BCUT2D eigenvalue weighted by Gasteiger charge is -2.54. The second-order valence-electron chi connectivity index (χ2n) is 18.9. The molecule has 0 N–H and O–H groups in total. The van der Waals surface area contributed by atoms with Crippen LogP contribution in [0.25, 0.3) is 77.4 Å². The molecule has 4 aliphatic carbocycles. The van der Waals surface area contributed by atoms with Gasteiger partial charge in [-0.25, -0.2) is 4.98 Å². The summed E-state index contributed by atoms with van der Waals surface area (Å²) in [5.74, 6) is 2.76. The Labute approximate surface area is 342 Å². The maximum Gasteiger partial charge on any atom is 0.0722 e. The molecule has 12 rings (SSSR count). The number of fused-ring (bicyclic) bond motifs is 14. The third-order valence-electron chi connectivity index (χ3n) is 15.3. The zero-order valence-corrected chi connectivity index (χ0v) is 34.0. The predicted molar refractivity (Wildman–Crippen MR) is 243 cm³/mol. The van der Waals surface area contributed by atoms with Gasteiger partial charge in [-0.3, -0.25) is 0 Å². The molecule has 1 heterocycles. The highest BCUT2D eigenvalue weighted by atomic mass is 14.7. The lowest BCUT2D eigenvalue weighted by atomic mass is 9.49. The van der Waals surface area contributed by atoms with Crippen molar-refractivity contribution < 1.29 is 0 Å². The van der Waals surface area contributed by atoms with Crippen molar-refractivity contribution in [3.63, 3.8) is 0 Å². The normalized spacial score (nSPS) is 23.4. The molecular formula is C57H49N. The predicted octanol–water partition coefficient (Wildman–Crippen LogP) is 15.1. The van der Waals surface area contributed by atoms with Gasteiger partial charge in [0.1, 0.15) is 0 Å². The summed E-state index contributed by atoms with van der Waals surface area (Å²) in [7, 11) is 0. The van der Waals surface area contributed by atoms with Crippen LogP contribution in [0.15, 0.2) is 152 Å². The van der Waals surface area contributed by atoms with Crippen molar-refractivity contribution in [2.75, 3.05) is 0 Å². The maximum absolute atomic E-state index is 5.76. The van der Waals surface area contributed by atoms with E-state index in [-0.39, 0.29) is 10.8 Å². The van der Waals surface area contributed by atoms with E-state index in [1.807, 2.05) is 0 Å². The van der Waals surface area contributed by atoms with Gasteiger partial charge in [0.15, 0.2) is 0 Å². The second-order valence-corrected chi connectivity index (χ2v) is 18.9. The van der Waals surface area contributed by atoms with Crippen LogP contribution >= 0.6 is 0 Å². The molecule has 8 aromatic rings. The molecule has 0 aliphatic heterocycles. The largest absolute Gasteiger partial charge is 0.248 e. The first kappa shape index (κ1) is 34.3. The molecule has 0 amide bonds. The van der Waals surface area contributed by atoms with Gasteiger partial charge in [-0.15, -0.1) is 0 Å². The molecular weight excluding hydrogens is 699 g/mol. The Hall–Kier alpha value is -5.79. The van der Waals surface area contributed by atoms with Gasteiger partial charge in [0, 0.05) is 22.0 Å². The Kier molecular flexibility index (Phi) is 7.30. The van der Waals surface area contributed by atoms with Crippen LogP contribution in [0.3, 0.4) is 0 Å². The zero-order chi connectivity index (χ0) is 38.9. The topological polar surface area (TPSA) is 12.9 Å². The summed E-state index contributed by atoms with van der Waals surface area (Å²) >= 11 is 0. The van der Waals surface area contributed by atoms with Crippen LogP contribution in [0.4, 0.5) is 0 Å². The fourth-order valence-electron chi connectivity index (χ4n) is 13.1. The van der Waals surface area contributed by atoms with E-state index in [9.17, 15) is 0 Å². The first-order valence-electron chi connectivity index (χ1n) is 21.7. The Morgan fingerprint density at radius 2 is 1.16 bits per heavy atom. The third-order valence-corrected chi connectivity index (χ3v) is 15.3. The molecule has 58 heavy (non-hydrogen) atoms. The average molecular weight is 748 g/mol. The molecule has 282 valence electrons. The molecule has 2 saturated carbocycles. The van der Waals surface area contributed by atoms with E-state index in [1.54, 1.807) is 11.1 Å². The first-order chi connectivity index (χ1) is 28.3. The van der Waals surface area contributed by atoms with Crippen LogP contribution in [0.1, 0.15) is 75.6 Å². The van der Waals surface area contributed by atoms with Crippen LogP contribution in [0.2, 0.25) is 0 Å². The van der Waals surface area contributed by atoms with Gasteiger partial charge in [0.2, 0.25) is 0 Å². The number of nitrogens with zero attached hydrogens (tertiary/aromatic N) is 1. The minimum atomic E-state index is -0.0854. The van der Waals surface area contributed by atoms with E-state index >= 15 is 0 Å². The summed E-state index contributed by atoms with van der Waals surface area (Å²) in [5, 5.41) is 5.40. The lowest BCUT2D eigenvalue weighted by molar-refractivity contribution is 0.0434. The Bertz CT molecular complexity index is 2980. The first-order valence-corrected chi connectivity index (χ1v) is 21.7. The Balaban J connectivity index is 1.16. The molecule has 4 aliphatic rings. The Morgan fingerprint density at radius 3 is 1.98 bits per heavy atom. The van der Waals surface area contributed by atoms with Gasteiger partial charge >= 0.3 is 0 Å². The highest BCUT2D eigenvalue weighted by Gasteiger charge is 2.57. The monoisotopic (exact) mass is 747 g/mol. The quantitative estimate of drug-likeness (QED) is 0.175. The summed E-state index contributed by atoms with van der Waals surface area (Å²) in [6, 6.07) is 57.6. The average Bonchev–Trinajstić information content (AvgIpc) is 3.67. The van der Waals surface area contributed by atoms with Crippen molar-refractivity contribution in [1.29, 1.82) is 0 Å². The highest BCUT2D eigenvalue weighted by molar-refractivity contribution is 6.08. The fraction of sp³-hybridized carbons (Fsp3) is 0.246. The SMILES string of the molecule is CC1CC2CC(C)C3(c4cc5ccccc5cc4-c4cc(-c5cc(-c6ccccc6)cc(-c6cccc7c6-c6ccccc6C7(C)C)n5)c5ccccc5c43)C(C1)C2. The minimum Gasteiger partial charge on any atom is -0.248 e. The zero-order valence-electron chi connectivity index (χ0n) is 34.0.